The first kappa shape index (κ1) is 13.3. The number of urea groups is 1. The SMILES string of the molecule is O=C(NCc1cccnc1)N1C[C@H]2C[C@H](F)[C@@H](O)[C@H]2C1. The summed E-state index contributed by atoms with van der Waals surface area (Å²) in [6.07, 6.45) is 1.69. The van der Waals surface area contributed by atoms with E-state index in [2.05, 4.69) is 10.3 Å². The summed E-state index contributed by atoms with van der Waals surface area (Å²) >= 11 is 0. The zero-order valence-electron chi connectivity index (χ0n) is 11.1. The topological polar surface area (TPSA) is 65.5 Å². The summed E-state index contributed by atoms with van der Waals surface area (Å²) in [6, 6.07) is 3.55. The predicted octanol–water partition coefficient (Wildman–Crippen LogP) is 0.942. The molecule has 3 rings (SSSR count). The first-order chi connectivity index (χ1) is 9.65. The van der Waals surface area contributed by atoms with Crippen LogP contribution in [0.2, 0.25) is 0 Å². The van der Waals surface area contributed by atoms with Gasteiger partial charge in [-0.25, -0.2) is 9.18 Å². The van der Waals surface area contributed by atoms with Crippen LogP contribution in [0.3, 0.4) is 0 Å². The van der Waals surface area contributed by atoms with Crippen LogP contribution in [-0.2, 0) is 6.54 Å². The Morgan fingerprint density at radius 3 is 3.10 bits per heavy atom. The second-order valence-electron chi connectivity index (χ2n) is 5.59. The van der Waals surface area contributed by atoms with Crippen LogP contribution < -0.4 is 5.32 Å². The Bertz CT molecular complexity index is 485. The number of nitrogens with one attached hydrogen (secondary N) is 1. The number of fused-ring (bicyclic) bond motifs is 1. The Kier molecular flexibility index (Phi) is 3.56. The molecule has 1 aromatic rings. The van der Waals surface area contributed by atoms with Crippen LogP contribution in [0, 0.1) is 11.8 Å². The van der Waals surface area contributed by atoms with Gasteiger partial charge in [-0.3, -0.25) is 4.98 Å². The number of aromatic nitrogens is 1. The maximum absolute atomic E-state index is 13.4. The normalized spacial score (nSPS) is 32.2. The Hall–Kier alpha value is -1.69. The molecule has 0 aromatic carbocycles. The van der Waals surface area contributed by atoms with Crippen LogP contribution in [0.4, 0.5) is 9.18 Å². The van der Waals surface area contributed by atoms with Crippen molar-refractivity contribution in [1.82, 2.24) is 15.2 Å². The molecule has 1 aliphatic heterocycles. The zero-order valence-corrected chi connectivity index (χ0v) is 11.1. The molecule has 0 spiro atoms. The lowest BCUT2D eigenvalue weighted by atomic mass is 10.00. The van der Waals surface area contributed by atoms with Gasteiger partial charge in [-0.05, 0) is 24.0 Å². The van der Waals surface area contributed by atoms with Gasteiger partial charge in [0.05, 0.1) is 6.10 Å². The maximum atomic E-state index is 13.4. The number of halogens is 1. The second kappa shape index (κ2) is 5.36. The quantitative estimate of drug-likeness (QED) is 0.847. The number of hydrogen-bond donors (Lipinski definition) is 2. The third kappa shape index (κ3) is 2.47. The number of rotatable bonds is 2. The molecule has 0 bridgehead atoms. The Balaban J connectivity index is 1.53. The molecule has 2 aliphatic rings. The fourth-order valence-corrected chi connectivity index (χ4v) is 3.19. The maximum Gasteiger partial charge on any atom is 0.317 e. The molecule has 108 valence electrons. The first-order valence-electron chi connectivity index (χ1n) is 6.89. The molecule has 2 heterocycles. The summed E-state index contributed by atoms with van der Waals surface area (Å²) in [5.74, 6) is -0.0294. The minimum absolute atomic E-state index is 0.0872. The van der Waals surface area contributed by atoms with E-state index in [9.17, 15) is 14.3 Å². The summed E-state index contributed by atoms with van der Waals surface area (Å²) in [7, 11) is 0. The monoisotopic (exact) mass is 279 g/mol. The van der Waals surface area contributed by atoms with Crippen molar-refractivity contribution in [3.63, 3.8) is 0 Å². The lowest BCUT2D eigenvalue weighted by Gasteiger charge is -2.20. The van der Waals surface area contributed by atoms with Gasteiger partial charge in [0.15, 0.2) is 0 Å². The molecule has 6 heteroatoms. The molecule has 1 saturated carbocycles. The number of amides is 2. The Labute approximate surface area is 116 Å². The number of likely N-dealkylation sites (tertiary alicyclic amines) is 1. The minimum Gasteiger partial charge on any atom is -0.390 e. The van der Waals surface area contributed by atoms with Crippen molar-refractivity contribution < 1.29 is 14.3 Å². The molecule has 20 heavy (non-hydrogen) atoms. The van der Waals surface area contributed by atoms with Crippen molar-refractivity contribution in [2.75, 3.05) is 13.1 Å². The summed E-state index contributed by atoms with van der Waals surface area (Å²) in [6.45, 7) is 1.39. The van der Waals surface area contributed by atoms with Gasteiger partial charge in [-0.15, -0.1) is 0 Å². The van der Waals surface area contributed by atoms with Gasteiger partial charge in [0.1, 0.15) is 6.17 Å². The number of alkyl halides is 1. The number of pyridine rings is 1. The second-order valence-corrected chi connectivity index (χ2v) is 5.59. The van der Waals surface area contributed by atoms with Gasteiger partial charge in [0.2, 0.25) is 0 Å². The van der Waals surface area contributed by atoms with E-state index in [4.69, 9.17) is 0 Å². The smallest absolute Gasteiger partial charge is 0.317 e. The highest BCUT2D eigenvalue weighted by atomic mass is 19.1. The van der Waals surface area contributed by atoms with E-state index in [1.54, 1.807) is 17.3 Å². The van der Waals surface area contributed by atoms with Crippen LogP contribution in [0.1, 0.15) is 12.0 Å². The fourth-order valence-electron chi connectivity index (χ4n) is 3.19. The van der Waals surface area contributed by atoms with E-state index in [0.717, 1.165) is 5.56 Å². The molecule has 1 aromatic heterocycles. The molecule has 1 saturated heterocycles. The minimum atomic E-state index is -1.13. The van der Waals surface area contributed by atoms with Crippen LogP contribution >= 0.6 is 0 Å². The third-order valence-electron chi connectivity index (χ3n) is 4.28. The standard InChI is InChI=1S/C14H18FN3O2/c15-12-4-10-7-18(8-11(10)13(12)19)14(20)17-6-9-2-1-3-16-5-9/h1-3,5,10-13,19H,4,6-8H2,(H,17,20)/t10-,11+,12+,13+/m1/s1. The molecule has 2 N–H and O–H groups in total. The predicted molar refractivity (Wildman–Crippen MR) is 70.5 cm³/mol. The lowest BCUT2D eigenvalue weighted by molar-refractivity contribution is 0.0659. The van der Waals surface area contributed by atoms with Crippen molar-refractivity contribution in [3.05, 3.63) is 30.1 Å². The average Bonchev–Trinajstić information content (AvgIpc) is 2.98. The molecular weight excluding hydrogens is 261 g/mol. The number of aliphatic hydroxyl groups excluding tert-OH is 1. The number of carbonyl (C=O) groups is 1. The molecule has 2 amide bonds. The van der Waals surface area contributed by atoms with E-state index in [1.165, 1.54) is 0 Å². The molecule has 4 atom stereocenters. The largest absolute Gasteiger partial charge is 0.390 e. The average molecular weight is 279 g/mol. The number of hydrogen-bond acceptors (Lipinski definition) is 3. The molecule has 1 aliphatic carbocycles. The van der Waals surface area contributed by atoms with E-state index in [0.29, 0.717) is 26.1 Å². The third-order valence-corrected chi connectivity index (χ3v) is 4.28. The van der Waals surface area contributed by atoms with Crippen LogP contribution in [-0.4, -0.2) is 46.4 Å². The van der Waals surface area contributed by atoms with E-state index in [1.807, 2.05) is 12.1 Å². The van der Waals surface area contributed by atoms with Crippen LogP contribution in [0.15, 0.2) is 24.5 Å². The van der Waals surface area contributed by atoms with Gasteiger partial charge >= 0.3 is 6.03 Å². The Morgan fingerprint density at radius 1 is 1.55 bits per heavy atom. The van der Waals surface area contributed by atoms with Gasteiger partial charge in [0.25, 0.3) is 0 Å². The highest BCUT2D eigenvalue weighted by Crippen LogP contribution is 2.39. The van der Waals surface area contributed by atoms with E-state index >= 15 is 0 Å². The molecule has 2 fully saturated rings. The summed E-state index contributed by atoms with van der Waals surface area (Å²) in [5, 5.41) is 12.6. The van der Waals surface area contributed by atoms with E-state index in [-0.39, 0.29) is 17.9 Å². The highest BCUT2D eigenvalue weighted by Gasteiger charge is 2.48. The summed E-state index contributed by atoms with van der Waals surface area (Å²) in [4.78, 5) is 17.7. The van der Waals surface area contributed by atoms with Gasteiger partial charge < -0.3 is 15.3 Å². The summed E-state index contributed by atoms with van der Waals surface area (Å²) < 4.78 is 13.4. The number of nitrogens with zero attached hydrogens (tertiary/aromatic N) is 2. The van der Waals surface area contributed by atoms with Gasteiger partial charge in [-0.1, -0.05) is 6.07 Å². The fraction of sp³-hybridized carbons (Fsp3) is 0.571. The molecule has 5 nitrogen and oxygen atoms in total. The Morgan fingerprint density at radius 2 is 2.40 bits per heavy atom. The van der Waals surface area contributed by atoms with Crippen LogP contribution in [0.25, 0.3) is 0 Å². The number of aliphatic hydroxyl groups is 1. The van der Waals surface area contributed by atoms with Crippen molar-refractivity contribution in [3.8, 4) is 0 Å². The van der Waals surface area contributed by atoms with Gasteiger partial charge in [0, 0.05) is 37.9 Å². The van der Waals surface area contributed by atoms with Crippen molar-refractivity contribution >= 4 is 6.03 Å². The first-order valence-corrected chi connectivity index (χ1v) is 6.89. The lowest BCUT2D eigenvalue weighted by Crippen LogP contribution is -2.40. The highest BCUT2D eigenvalue weighted by molar-refractivity contribution is 5.74. The van der Waals surface area contributed by atoms with E-state index < -0.39 is 12.3 Å². The molecule has 0 radical (unpaired) electrons. The van der Waals surface area contributed by atoms with Gasteiger partial charge in [-0.2, -0.15) is 0 Å². The number of carbonyl (C=O) groups excluding carboxylic acids is 1. The van der Waals surface area contributed by atoms with Crippen molar-refractivity contribution in [1.29, 1.82) is 0 Å². The molecular formula is C14H18FN3O2. The van der Waals surface area contributed by atoms with Crippen molar-refractivity contribution in [2.45, 2.75) is 25.2 Å². The van der Waals surface area contributed by atoms with Crippen LogP contribution in [0.5, 0.6) is 0 Å². The zero-order chi connectivity index (χ0) is 14.1. The summed E-state index contributed by atoms with van der Waals surface area (Å²) in [5.41, 5.74) is 0.934. The molecule has 0 unspecified atom stereocenters. The van der Waals surface area contributed by atoms with Crippen molar-refractivity contribution in [2.24, 2.45) is 11.8 Å².